The van der Waals surface area contributed by atoms with Crippen LogP contribution in [0.2, 0.25) is 0 Å². The van der Waals surface area contributed by atoms with E-state index >= 15 is 0 Å². The van der Waals surface area contributed by atoms with Crippen molar-refractivity contribution in [1.82, 2.24) is 20.3 Å². The molecule has 0 aliphatic carbocycles. The molecule has 4 atom stereocenters. The Morgan fingerprint density at radius 2 is 2.34 bits per heavy atom. The fraction of sp³-hybridized carbons (Fsp3) is 0.476. The lowest BCUT2D eigenvalue weighted by Gasteiger charge is -2.29. The molecule has 1 amide bonds. The maximum absolute atomic E-state index is 12.5. The van der Waals surface area contributed by atoms with E-state index in [1.165, 1.54) is 4.70 Å². The summed E-state index contributed by atoms with van der Waals surface area (Å²) in [4.78, 5) is 26.8. The summed E-state index contributed by atoms with van der Waals surface area (Å²) in [6.07, 6.45) is 4.02. The number of imidazole rings is 1. The Morgan fingerprint density at radius 3 is 3.17 bits per heavy atom. The second-order valence-corrected chi connectivity index (χ2v) is 9.48. The predicted octanol–water partition coefficient (Wildman–Crippen LogP) is 2.74. The first kappa shape index (κ1) is 17.4. The molecule has 0 unspecified atom stereocenters. The first-order chi connectivity index (χ1) is 14.1. The maximum Gasteiger partial charge on any atom is 0.269 e. The normalized spacial score (nSPS) is 30.2. The van der Waals surface area contributed by atoms with Crippen LogP contribution in [-0.4, -0.2) is 52.2 Å². The van der Waals surface area contributed by atoms with E-state index in [4.69, 9.17) is 9.72 Å². The van der Waals surface area contributed by atoms with Crippen LogP contribution in [0.3, 0.4) is 0 Å². The predicted molar refractivity (Wildman–Crippen MR) is 111 cm³/mol. The number of fused-ring (bicyclic) bond motifs is 2. The molecule has 1 aromatic carbocycles. The van der Waals surface area contributed by atoms with Crippen LogP contribution >= 0.6 is 11.3 Å². The van der Waals surface area contributed by atoms with Crippen molar-refractivity contribution in [2.45, 2.75) is 31.5 Å². The molecule has 2 aromatic heterocycles. The van der Waals surface area contributed by atoms with Gasteiger partial charge in [0.15, 0.2) is 5.13 Å². The summed E-state index contributed by atoms with van der Waals surface area (Å²) < 4.78 is 7.75. The lowest BCUT2D eigenvalue weighted by Crippen LogP contribution is -2.42. The summed E-state index contributed by atoms with van der Waals surface area (Å²) in [7, 11) is 0. The summed E-state index contributed by atoms with van der Waals surface area (Å²) in [5.41, 5.74) is 1.50. The summed E-state index contributed by atoms with van der Waals surface area (Å²) in [5, 5.41) is 4.18. The van der Waals surface area contributed by atoms with E-state index in [0.29, 0.717) is 24.1 Å². The van der Waals surface area contributed by atoms with E-state index in [-0.39, 0.29) is 17.6 Å². The van der Waals surface area contributed by atoms with E-state index < -0.39 is 0 Å². The highest BCUT2D eigenvalue weighted by Crippen LogP contribution is 2.55. The zero-order valence-electron chi connectivity index (χ0n) is 16.2. The number of para-hydroxylation sites is 1. The average Bonchev–Trinajstić information content (AvgIpc) is 3.50. The Balaban J connectivity index is 1.20. The molecule has 29 heavy (non-hydrogen) atoms. The third-order valence-electron chi connectivity index (χ3n) is 6.78. The van der Waals surface area contributed by atoms with Crippen LogP contribution < -0.4 is 10.2 Å². The van der Waals surface area contributed by atoms with Crippen molar-refractivity contribution in [2.24, 2.45) is 11.8 Å². The van der Waals surface area contributed by atoms with Gasteiger partial charge in [-0.2, -0.15) is 0 Å². The van der Waals surface area contributed by atoms with E-state index in [9.17, 15) is 4.79 Å². The average molecular weight is 410 g/mol. The Labute approximate surface area is 172 Å². The van der Waals surface area contributed by atoms with Crippen molar-refractivity contribution in [2.75, 3.05) is 24.5 Å². The lowest BCUT2D eigenvalue weighted by molar-refractivity contribution is 0.0141. The highest BCUT2D eigenvalue weighted by atomic mass is 32.1. The standard InChI is InChI=1S/C21H23N5O2S/c1-12-22-9-16(24-12)19(27)23-8-13-14-10-26(11-21(14)7-6-17(13)28-21)20-25-15-4-2-3-5-18(15)29-20/h2-5,9,13-14,17H,6-8,10-11H2,1H3,(H,22,24)(H,23,27)/t13-,14+,17+,21+/m0/s1. The molecular formula is C21H23N5O2S. The third-order valence-corrected chi connectivity index (χ3v) is 7.88. The van der Waals surface area contributed by atoms with Gasteiger partial charge in [-0.1, -0.05) is 23.5 Å². The largest absolute Gasteiger partial charge is 0.369 e. The molecule has 0 radical (unpaired) electrons. The fourth-order valence-corrected chi connectivity index (χ4v) is 6.42. The minimum Gasteiger partial charge on any atom is -0.369 e. The van der Waals surface area contributed by atoms with Gasteiger partial charge in [0.25, 0.3) is 5.91 Å². The molecule has 6 rings (SSSR count). The molecule has 0 saturated carbocycles. The fourth-order valence-electron chi connectivity index (χ4n) is 5.45. The number of thiazole rings is 1. The van der Waals surface area contributed by atoms with Crippen LogP contribution in [0.25, 0.3) is 10.2 Å². The van der Waals surface area contributed by atoms with Gasteiger partial charge in [-0.15, -0.1) is 0 Å². The Kier molecular flexibility index (Phi) is 3.77. The molecule has 5 heterocycles. The van der Waals surface area contributed by atoms with Gasteiger partial charge >= 0.3 is 0 Å². The van der Waals surface area contributed by atoms with E-state index in [0.717, 1.165) is 42.4 Å². The smallest absolute Gasteiger partial charge is 0.269 e. The van der Waals surface area contributed by atoms with Gasteiger partial charge in [0.1, 0.15) is 11.5 Å². The number of hydrogen-bond donors (Lipinski definition) is 2. The van der Waals surface area contributed by atoms with Crippen LogP contribution in [0.1, 0.15) is 29.2 Å². The summed E-state index contributed by atoms with van der Waals surface area (Å²) in [5.74, 6) is 1.43. The molecule has 1 spiro atoms. The van der Waals surface area contributed by atoms with Crippen molar-refractivity contribution in [3.8, 4) is 0 Å². The Bertz CT molecular complexity index is 1060. The summed E-state index contributed by atoms with van der Waals surface area (Å²) >= 11 is 1.75. The van der Waals surface area contributed by atoms with Crippen LogP contribution in [-0.2, 0) is 4.74 Å². The number of rotatable bonds is 4. The number of ether oxygens (including phenoxy) is 1. The van der Waals surface area contributed by atoms with Crippen molar-refractivity contribution in [1.29, 1.82) is 0 Å². The number of hydrogen-bond acceptors (Lipinski definition) is 6. The zero-order chi connectivity index (χ0) is 19.6. The Hall–Kier alpha value is -2.45. The SMILES string of the molecule is Cc1ncc(C(=O)NC[C@H]2[C@H]3CN(c4nc5ccccc5s4)C[C@]34CC[C@H]2O4)[nH]1. The number of benzene rings is 1. The first-order valence-electron chi connectivity index (χ1n) is 10.2. The number of carbonyl (C=O) groups excluding carboxylic acids is 1. The van der Waals surface area contributed by atoms with Crippen LogP contribution in [0, 0.1) is 18.8 Å². The van der Waals surface area contributed by atoms with Crippen molar-refractivity contribution in [3.05, 3.63) is 42.0 Å². The number of nitrogens with one attached hydrogen (secondary N) is 2. The number of aromatic amines is 1. The number of anilines is 1. The number of carbonyl (C=O) groups is 1. The van der Waals surface area contributed by atoms with Crippen molar-refractivity contribution < 1.29 is 9.53 Å². The molecule has 8 heteroatoms. The van der Waals surface area contributed by atoms with E-state index in [1.807, 2.05) is 13.0 Å². The number of aryl methyl sites for hydroxylation is 1. The molecule has 7 nitrogen and oxygen atoms in total. The molecule has 3 aliphatic heterocycles. The van der Waals surface area contributed by atoms with Crippen LogP contribution in [0.15, 0.2) is 30.5 Å². The van der Waals surface area contributed by atoms with Gasteiger partial charge in [0.2, 0.25) is 0 Å². The van der Waals surface area contributed by atoms with Gasteiger partial charge in [-0.05, 0) is 31.9 Å². The number of aromatic nitrogens is 3. The highest BCUT2D eigenvalue weighted by molar-refractivity contribution is 7.22. The van der Waals surface area contributed by atoms with Gasteiger partial charge in [0.05, 0.1) is 28.1 Å². The van der Waals surface area contributed by atoms with Crippen molar-refractivity contribution in [3.63, 3.8) is 0 Å². The quantitative estimate of drug-likeness (QED) is 0.692. The zero-order valence-corrected chi connectivity index (χ0v) is 17.0. The second-order valence-electron chi connectivity index (χ2n) is 8.47. The Morgan fingerprint density at radius 1 is 1.45 bits per heavy atom. The second kappa shape index (κ2) is 6.27. The minimum atomic E-state index is -0.0940. The summed E-state index contributed by atoms with van der Waals surface area (Å²) in [6.45, 7) is 4.33. The van der Waals surface area contributed by atoms with Crippen LogP contribution in [0.4, 0.5) is 5.13 Å². The highest BCUT2D eigenvalue weighted by Gasteiger charge is 2.63. The van der Waals surface area contributed by atoms with Gasteiger partial charge in [-0.3, -0.25) is 4.79 Å². The topological polar surface area (TPSA) is 83.1 Å². The third kappa shape index (κ3) is 2.69. The molecule has 2 N–H and O–H groups in total. The number of H-pyrrole nitrogens is 1. The number of nitrogens with zero attached hydrogens (tertiary/aromatic N) is 3. The van der Waals surface area contributed by atoms with Gasteiger partial charge in [0, 0.05) is 31.5 Å². The lowest BCUT2D eigenvalue weighted by atomic mass is 9.73. The molecule has 3 fully saturated rings. The molecular weight excluding hydrogens is 386 g/mol. The monoisotopic (exact) mass is 409 g/mol. The van der Waals surface area contributed by atoms with Crippen LogP contribution in [0.5, 0.6) is 0 Å². The molecule has 2 bridgehead atoms. The molecule has 3 saturated heterocycles. The molecule has 3 aromatic rings. The summed E-state index contributed by atoms with van der Waals surface area (Å²) in [6, 6.07) is 8.30. The van der Waals surface area contributed by atoms with E-state index in [2.05, 4.69) is 38.4 Å². The molecule has 150 valence electrons. The maximum atomic E-state index is 12.5. The first-order valence-corrected chi connectivity index (χ1v) is 11.0. The molecule has 3 aliphatic rings. The van der Waals surface area contributed by atoms with E-state index in [1.54, 1.807) is 17.5 Å². The van der Waals surface area contributed by atoms with Gasteiger partial charge in [-0.25, -0.2) is 9.97 Å². The minimum absolute atomic E-state index is 0.0809. The van der Waals surface area contributed by atoms with Gasteiger partial charge < -0.3 is 19.9 Å². The van der Waals surface area contributed by atoms with Crippen molar-refractivity contribution >= 4 is 32.6 Å². The number of amides is 1.